The van der Waals surface area contributed by atoms with Gasteiger partial charge in [-0.1, -0.05) is 12.1 Å². The van der Waals surface area contributed by atoms with Crippen LogP contribution in [0.3, 0.4) is 0 Å². The van der Waals surface area contributed by atoms with Crippen LogP contribution in [0.1, 0.15) is 25.3 Å². The van der Waals surface area contributed by atoms with Crippen molar-refractivity contribution in [3.63, 3.8) is 0 Å². The van der Waals surface area contributed by atoms with Gasteiger partial charge in [-0.05, 0) is 62.3 Å². The second-order valence-electron chi connectivity index (χ2n) is 9.10. The van der Waals surface area contributed by atoms with Gasteiger partial charge in [0.25, 0.3) is 0 Å². The smallest absolute Gasteiger partial charge is 0.196 e. The van der Waals surface area contributed by atoms with E-state index in [1.54, 1.807) is 11.8 Å². The zero-order valence-electron chi connectivity index (χ0n) is 19.3. The molecule has 1 aromatic heterocycles. The number of ketones is 1. The fourth-order valence-electron chi connectivity index (χ4n) is 4.03. The van der Waals surface area contributed by atoms with Crippen molar-refractivity contribution in [2.75, 3.05) is 44.7 Å². The minimum Gasteiger partial charge on any atom is -0.383 e. The molecule has 3 heterocycles. The summed E-state index contributed by atoms with van der Waals surface area (Å²) in [6.07, 6.45) is 4.72. The second kappa shape index (κ2) is 9.65. The van der Waals surface area contributed by atoms with Crippen molar-refractivity contribution >= 4 is 34.9 Å². The number of aromatic nitrogens is 2. The summed E-state index contributed by atoms with van der Waals surface area (Å²) in [5.41, 5.74) is 3.18. The molecule has 7 nitrogen and oxygen atoms in total. The van der Waals surface area contributed by atoms with E-state index < -0.39 is 0 Å². The molecule has 1 saturated carbocycles. The van der Waals surface area contributed by atoms with Gasteiger partial charge in [-0.2, -0.15) is 0 Å². The van der Waals surface area contributed by atoms with Gasteiger partial charge in [0.15, 0.2) is 11.0 Å². The quantitative estimate of drug-likeness (QED) is 0.632. The van der Waals surface area contributed by atoms with E-state index in [-0.39, 0.29) is 0 Å². The Morgan fingerprint density at radius 3 is 2.58 bits per heavy atom. The minimum absolute atomic E-state index is 0.304. The Morgan fingerprint density at radius 2 is 1.91 bits per heavy atom. The number of Topliss-reactive ketones (excluding diaryl/α,β-unsaturated/α-hetero) is 1. The molecular weight excluding hydrogens is 432 g/mol. The van der Waals surface area contributed by atoms with Crippen LogP contribution < -0.4 is 10.2 Å². The van der Waals surface area contributed by atoms with Crippen LogP contribution in [0.5, 0.6) is 0 Å². The zero-order valence-corrected chi connectivity index (χ0v) is 20.1. The topological polar surface area (TPSA) is 73.7 Å². The highest BCUT2D eigenvalue weighted by Gasteiger charge is 2.29. The van der Waals surface area contributed by atoms with Gasteiger partial charge in [0, 0.05) is 55.2 Å². The normalized spacial score (nSPS) is 20.1. The van der Waals surface area contributed by atoms with Gasteiger partial charge in [0.2, 0.25) is 0 Å². The maximum Gasteiger partial charge on any atom is 0.196 e. The molecule has 1 saturated heterocycles. The summed E-state index contributed by atoms with van der Waals surface area (Å²) in [5.74, 6) is 2.29. The maximum absolute atomic E-state index is 12.1. The molecule has 172 valence electrons. The van der Waals surface area contributed by atoms with E-state index in [9.17, 15) is 4.79 Å². The molecule has 33 heavy (non-hydrogen) atoms. The maximum atomic E-state index is 12.1. The van der Waals surface area contributed by atoms with Crippen LogP contribution in [0.2, 0.25) is 0 Å². The van der Waals surface area contributed by atoms with Gasteiger partial charge in [-0.3, -0.25) is 4.79 Å². The minimum atomic E-state index is 0.304. The summed E-state index contributed by atoms with van der Waals surface area (Å²) in [5, 5.41) is 3.99. The van der Waals surface area contributed by atoms with Gasteiger partial charge in [-0.15, -0.1) is 0 Å². The molecule has 5 rings (SSSR count). The Balaban J connectivity index is 1.36. The van der Waals surface area contributed by atoms with Crippen LogP contribution in [0.4, 0.5) is 11.6 Å². The van der Waals surface area contributed by atoms with E-state index in [0.717, 1.165) is 73.3 Å². The summed E-state index contributed by atoms with van der Waals surface area (Å²) < 4.78 is 0. The fraction of sp³-hybridized carbons (Fsp3) is 0.440. The second-order valence-corrected chi connectivity index (χ2v) is 10.1. The van der Waals surface area contributed by atoms with E-state index in [1.807, 2.05) is 25.1 Å². The zero-order chi connectivity index (χ0) is 22.8. The Kier molecular flexibility index (Phi) is 6.46. The van der Waals surface area contributed by atoms with Gasteiger partial charge in [0.1, 0.15) is 11.6 Å². The number of nitrogens with one attached hydrogen (secondary N) is 1. The number of rotatable bonds is 7. The van der Waals surface area contributed by atoms with E-state index in [0.29, 0.717) is 29.1 Å². The van der Waals surface area contributed by atoms with Crippen molar-refractivity contribution in [2.45, 2.75) is 36.2 Å². The van der Waals surface area contributed by atoms with Crippen molar-refractivity contribution in [3.05, 3.63) is 47.7 Å². The van der Waals surface area contributed by atoms with Gasteiger partial charge in [0.05, 0.1) is 12.3 Å². The van der Waals surface area contributed by atoms with Crippen LogP contribution in [-0.2, 0) is 11.2 Å². The van der Waals surface area contributed by atoms with Crippen molar-refractivity contribution in [3.8, 4) is 0 Å². The van der Waals surface area contributed by atoms with Gasteiger partial charge < -0.3 is 15.1 Å². The molecule has 1 aromatic carbocycles. The monoisotopic (exact) mass is 462 g/mol. The van der Waals surface area contributed by atoms with Crippen LogP contribution >= 0.6 is 11.8 Å². The molecule has 0 atom stereocenters. The number of aliphatic imine (C=N–C) groups is 1. The summed E-state index contributed by atoms with van der Waals surface area (Å²) in [6.45, 7) is 6.69. The number of benzene rings is 1. The van der Waals surface area contributed by atoms with Crippen LogP contribution in [0.15, 0.2) is 57.1 Å². The fourth-order valence-corrected chi connectivity index (χ4v) is 4.80. The van der Waals surface area contributed by atoms with E-state index in [2.05, 4.69) is 40.4 Å². The number of carbonyl (C=O) groups is 1. The molecule has 2 fully saturated rings. The number of piperazine rings is 1. The summed E-state index contributed by atoms with van der Waals surface area (Å²) in [4.78, 5) is 32.2. The lowest BCUT2D eigenvalue weighted by atomic mass is 10.1. The standard InChI is InChI=1S/C25H30N6OS/c1-17-13-20(16-26-17)27-23-15-24(31-11-9-30(2)10-12-31)29-25(28-23)33-21-7-3-18(4-8-21)14-22(32)19-5-6-19/h3-4,7-8,13,15,19,26H,5-6,9-12,14,16H2,1-2H3/b27-20+. The average molecular weight is 463 g/mol. The molecule has 8 heteroatoms. The third kappa shape index (κ3) is 5.81. The average Bonchev–Trinajstić information content (AvgIpc) is 3.58. The third-order valence-corrected chi connectivity index (χ3v) is 7.11. The Morgan fingerprint density at radius 1 is 1.15 bits per heavy atom. The number of hydrogen-bond donors (Lipinski definition) is 1. The van der Waals surface area contributed by atoms with Crippen molar-refractivity contribution in [1.82, 2.24) is 20.2 Å². The number of hydrogen-bond acceptors (Lipinski definition) is 8. The van der Waals surface area contributed by atoms with Crippen molar-refractivity contribution in [1.29, 1.82) is 0 Å². The molecular formula is C25H30N6OS. The largest absolute Gasteiger partial charge is 0.383 e. The first kappa shape index (κ1) is 22.1. The van der Waals surface area contributed by atoms with E-state index >= 15 is 0 Å². The highest BCUT2D eigenvalue weighted by molar-refractivity contribution is 7.99. The number of anilines is 1. The first-order chi connectivity index (χ1) is 16.0. The Hall–Kier alpha value is -2.71. The van der Waals surface area contributed by atoms with Crippen LogP contribution in [-0.4, -0.2) is 66.1 Å². The SMILES string of the molecule is CC1=C/C(=N\c2cc(N3CCN(C)CC3)nc(Sc3ccc(CC(=O)C4CC4)cc3)n2)CN1. The highest BCUT2D eigenvalue weighted by atomic mass is 32.2. The molecule has 1 aliphatic carbocycles. The number of likely N-dealkylation sites (N-methyl/N-ethyl adjacent to an activating group) is 1. The lowest BCUT2D eigenvalue weighted by Gasteiger charge is -2.33. The lowest BCUT2D eigenvalue weighted by molar-refractivity contribution is -0.119. The predicted molar refractivity (Wildman–Crippen MR) is 133 cm³/mol. The van der Waals surface area contributed by atoms with Crippen LogP contribution in [0.25, 0.3) is 0 Å². The number of carbonyl (C=O) groups excluding carboxylic acids is 1. The molecule has 2 aromatic rings. The van der Waals surface area contributed by atoms with E-state index in [4.69, 9.17) is 15.0 Å². The third-order valence-electron chi connectivity index (χ3n) is 6.24. The van der Waals surface area contributed by atoms with Gasteiger partial charge in [-0.25, -0.2) is 15.0 Å². The first-order valence-corrected chi connectivity index (χ1v) is 12.5. The molecule has 0 spiro atoms. The molecule has 3 aliphatic rings. The summed E-state index contributed by atoms with van der Waals surface area (Å²) >= 11 is 1.54. The van der Waals surface area contributed by atoms with E-state index in [1.165, 1.54) is 0 Å². The Labute approximate surface area is 199 Å². The molecule has 2 aliphatic heterocycles. The first-order valence-electron chi connectivity index (χ1n) is 11.6. The molecule has 0 radical (unpaired) electrons. The molecule has 0 amide bonds. The number of nitrogens with zero attached hydrogens (tertiary/aromatic N) is 5. The number of allylic oxidation sites excluding steroid dienone is 1. The highest BCUT2D eigenvalue weighted by Crippen LogP contribution is 2.32. The predicted octanol–water partition coefficient (Wildman–Crippen LogP) is 3.48. The van der Waals surface area contributed by atoms with Gasteiger partial charge >= 0.3 is 0 Å². The summed E-state index contributed by atoms with van der Waals surface area (Å²) in [7, 11) is 2.15. The van der Waals surface area contributed by atoms with Crippen LogP contribution in [0, 0.1) is 5.92 Å². The molecule has 0 bridgehead atoms. The molecule has 1 N–H and O–H groups in total. The van der Waals surface area contributed by atoms with Crippen molar-refractivity contribution < 1.29 is 4.79 Å². The summed E-state index contributed by atoms with van der Waals surface area (Å²) in [6, 6.07) is 10.2. The lowest BCUT2D eigenvalue weighted by Crippen LogP contribution is -2.44. The molecule has 0 unspecified atom stereocenters. The van der Waals surface area contributed by atoms with Crippen molar-refractivity contribution in [2.24, 2.45) is 10.9 Å². The Bertz CT molecular complexity index is 1080.